The van der Waals surface area contributed by atoms with Crippen molar-refractivity contribution in [3.63, 3.8) is 0 Å². The van der Waals surface area contributed by atoms with Crippen molar-refractivity contribution in [2.24, 2.45) is 5.92 Å². The molecule has 0 spiro atoms. The summed E-state index contributed by atoms with van der Waals surface area (Å²) in [6.45, 7) is 3.28. The average Bonchev–Trinajstić information content (AvgIpc) is 2.88. The van der Waals surface area contributed by atoms with Crippen LogP contribution in [0.25, 0.3) is 5.65 Å². The minimum absolute atomic E-state index is 0.0347. The van der Waals surface area contributed by atoms with Crippen LogP contribution in [-0.4, -0.2) is 28.5 Å². The normalized spacial score (nSPS) is 19.5. The lowest BCUT2D eigenvalue weighted by Gasteiger charge is -2.21. The molecular weight excluding hydrogens is 242 g/mol. The van der Waals surface area contributed by atoms with Gasteiger partial charge in [0, 0.05) is 25.2 Å². The van der Waals surface area contributed by atoms with Gasteiger partial charge in [0.2, 0.25) is 5.91 Å². The summed E-state index contributed by atoms with van der Waals surface area (Å²) in [5.74, 6) is 0.00565. The molecule has 1 fully saturated rings. The molecule has 5 nitrogen and oxygen atoms in total. The Morgan fingerprint density at radius 1 is 1.58 bits per heavy atom. The van der Waals surface area contributed by atoms with Gasteiger partial charge in [-0.15, -0.1) is 0 Å². The van der Waals surface area contributed by atoms with E-state index in [1.807, 2.05) is 29.8 Å². The molecule has 1 aliphatic heterocycles. The summed E-state index contributed by atoms with van der Waals surface area (Å²) in [4.78, 5) is 16.4. The first kappa shape index (κ1) is 12.2. The monoisotopic (exact) mass is 259 g/mol. The Hall–Kier alpha value is -1.88. The van der Waals surface area contributed by atoms with E-state index in [2.05, 4.69) is 10.3 Å². The number of aromatic nitrogens is 2. The maximum atomic E-state index is 12.1. The van der Waals surface area contributed by atoms with Gasteiger partial charge in [-0.25, -0.2) is 4.98 Å². The number of rotatable bonds is 2. The topological polar surface area (TPSA) is 55.6 Å². The summed E-state index contributed by atoms with van der Waals surface area (Å²) in [6.07, 6.45) is 7.37. The number of pyridine rings is 1. The number of carbonyl (C=O) groups is 1. The van der Waals surface area contributed by atoms with E-state index in [0.717, 1.165) is 36.3 Å². The second kappa shape index (κ2) is 5.01. The van der Waals surface area contributed by atoms with Crippen molar-refractivity contribution in [3.8, 4) is 0 Å². The second-order valence-corrected chi connectivity index (χ2v) is 4.97. The van der Waals surface area contributed by atoms with E-state index in [4.69, 9.17) is 4.74 Å². The van der Waals surface area contributed by atoms with Crippen LogP contribution in [0.2, 0.25) is 0 Å². The number of nitrogens with zero attached hydrogens (tertiary/aromatic N) is 2. The van der Waals surface area contributed by atoms with Gasteiger partial charge < -0.3 is 14.5 Å². The molecule has 0 aliphatic carbocycles. The fourth-order valence-electron chi connectivity index (χ4n) is 2.47. The summed E-state index contributed by atoms with van der Waals surface area (Å²) in [5, 5.41) is 2.97. The maximum Gasteiger partial charge on any atom is 0.229 e. The molecule has 0 radical (unpaired) electrons. The zero-order valence-electron chi connectivity index (χ0n) is 10.9. The first-order chi connectivity index (χ1) is 9.24. The highest BCUT2D eigenvalue weighted by Gasteiger charge is 2.21. The van der Waals surface area contributed by atoms with Crippen molar-refractivity contribution in [2.45, 2.75) is 19.8 Å². The lowest BCUT2D eigenvalue weighted by Crippen LogP contribution is -2.30. The van der Waals surface area contributed by atoms with Gasteiger partial charge >= 0.3 is 0 Å². The van der Waals surface area contributed by atoms with Crippen LogP contribution in [-0.2, 0) is 9.53 Å². The van der Waals surface area contributed by atoms with Gasteiger partial charge in [0.05, 0.1) is 18.2 Å². The van der Waals surface area contributed by atoms with Crippen molar-refractivity contribution < 1.29 is 9.53 Å². The Bertz CT molecular complexity index is 600. The van der Waals surface area contributed by atoms with Gasteiger partial charge in [-0.2, -0.15) is 0 Å². The number of hydrogen-bond donors (Lipinski definition) is 1. The van der Waals surface area contributed by atoms with E-state index < -0.39 is 0 Å². The van der Waals surface area contributed by atoms with E-state index in [1.54, 1.807) is 6.20 Å². The van der Waals surface area contributed by atoms with Gasteiger partial charge in [0.25, 0.3) is 0 Å². The molecule has 5 heteroatoms. The molecule has 2 aromatic heterocycles. The molecule has 1 saturated heterocycles. The summed E-state index contributed by atoms with van der Waals surface area (Å²) in [5.41, 5.74) is 2.76. The van der Waals surface area contributed by atoms with E-state index in [-0.39, 0.29) is 11.8 Å². The van der Waals surface area contributed by atoms with Gasteiger partial charge in [0.15, 0.2) is 0 Å². The Morgan fingerprint density at radius 2 is 2.47 bits per heavy atom. The highest BCUT2D eigenvalue weighted by molar-refractivity contribution is 5.92. The Morgan fingerprint density at radius 3 is 3.26 bits per heavy atom. The molecule has 3 heterocycles. The standard InChI is InChI=1S/C14H17N3O2/c1-10-7-12(8-17-5-4-15-13(10)17)16-14(18)11-3-2-6-19-9-11/h4-5,7-8,11H,2-3,6,9H2,1H3,(H,16,18)/t11-/m0/s1. The predicted octanol–water partition coefficient (Wildman–Crippen LogP) is 2.01. The summed E-state index contributed by atoms with van der Waals surface area (Å²) < 4.78 is 7.27. The lowest BCUT2D eigenvalue weighted by molar-refractivity contribution is -0.123. The third-order valence-electron chi connectivity index (χ3n) is 3.47. The smallest absolute Gasteiger partial charge is 0.229 e. The SMILES string of the molecule is Cc1cc(NC(=O)[C@H]2CCCOC2)cn2ccnc12. The maximum absolute atomic E-state index is 12.1. The van der Waals surface area contributed by atoms with Crippen molar-refractivity contribution in [1.29, 1.82) is 0 Å². The number of carbonyl (C=O) groups excluding carboxylic acids is 1. The zero-order valence-corrected chi connectivity index (χ0v) is 10.9. The van der Waals surface area contributed by atoms with Crippen molar-refractivity contribution in [3.05, 3.63) is 30.2 Å². The molecule has 3 rings (SSSR count). The van der Waals surface area contributed by atoms with Crippen molar-refractivity contribution in [2.75, 3.05) is 18.5 Å². The Kier molecular flexibility index (Phi) is 3.21. The molecule has 0 unspecified atom stereocenters. The first-order valence-corrected chi connectivity index (χ1v) is 6.56. The van der Waals surface area contributed by atoms with Crippen molar-refractivity contribution in [1.82, 2.24) is 9.38 Å². The number of anilines is 1. The third kappa shape index (κ3) is 2.46. The number of nitrogens with one attached hydrogen (secondary N) is 1. The third-order valence-corrected chi connectivity index (χ3v) is 3.47. The van der Waals surface area contributed by atoms with Crippen LogP contribution in [0.1, 0.15) is 18.4 Å². The van der Waals surface area contributed by atoms with Crippen LogP contribution in [0, 0.1) is 12.8 Å². The molecule has 100 valence electrons. The molecular formula is C14H17N3O2. The predicted molar refractivity (Wildman–Crippen MR) is 72.1 cm³/mol. The molecule has 1 N–H and O–H groups in total. The van der Waals surface area contributed by atoms with Crippen LogP contribution in [0.4, 0.5) is 5.69 Å². The number of ether oxygens (including phenoxy) is 1. The lowest BCUT2D eigenvalue weighted by atomic mass is 10.0. The van der Waals surface area contributed by atoms with Gasteiger partial charge in [-0.1, -0.05) is 0 Å². The minimum Gasteiger partial charge on any atom is -0.381 e. The Labute approximate surface area is 111 Å². The second-order valence-electron chi connectivity index (χ2n) is 4.97. The van der Waals surface area contributed by atoms with E-state index >= 15 is 0 Å². The number of aryl methyl sites for hydroxylation is 1. The largest absolute Gasteiger partial charge is 0.381 e. The van der Waals surface area contributed by atoms with E-state index in [9.17, 15) is 4.79 Å². The molecule has 0 bridgehead atoms. The highest BCUT2D eigenvalue weighted by Crippen LogP contribution is 2.19. The average molecular weight is 259 g/mol. The molecule has 1 aliphatic rings. The number of fused-ring (bicyclic) bond motifs is 1. The first-order valence-electron chi connectivity index (χ1n) is 6.56. The fourth-order valence-corrected chi connectivity index (χ4v) is 2.47. The molecule has 2 aromatic rings. The van der Waals surface area contributed by atoms with Crippen LogP contribution in [0.5, 0.6) is 0 Å². The molecule has 0 aromatic carbocycles. The minimum atomic E-state index is -0.0347. The summed E-state index contributed by atoms with van der Waals surface area (Å²) >= 11 is 0. The van der Waals surface area contributed by atoms with Gasteiger partial charge in [0.1, 0.15) is 5.65 Å². The summed E-state index contributed by atoms with van der Waals surface area (Å²) in [7, 11) is 0. The van der Waals surface area contributed by atoms with Gasteiger partial charge in [-0.3, -0.25) is 4.79 Å². The van der Waals surface area contributed by atoms with Crippen LogP contribution >= 0.6 is 0 Å². The van der Waals surface area contributed by atoms with E-state index in [1.165, 1.54) is 0 Å². The van der Waals surface area contributed by atoms with Gasteiger partial charge in [-0.05, 0) is 31.4 Å². The highest BCUT2D eigenvalue weighted by atomic mass is 16.5. The number of hydrogen-bond acceptors (Lipinski definition) is 3. The quantitative estimate of drug-likeness (QED) is 0.897. The number of imidazole rings is 1. The molecule has 19 heavy (non-hydrogen) atoms. The van der Waals surface area contributed by atoms with Crippen LogP contribution in [0.3, 0.4) is 0 Å². The molecule has 1 amide bonds. The molecule has 1 atom stereocenters. The molecule has 0 saturated carbocycles. The number of amides is 1. The van der Waals surface area contributed by atoms with Crippen molar-refractivity contribution >= 4 is 17.2 Å². The Balaban J connectivity index is 1.78. The van der Waals surface area contributed by atoms with E-state index in [0.29, 0.717) is 6.61 Å². The fraction of sp³-hybridized carbons (Fsp3) is 0.429. The zero-order chi connectivity index (χ0) is 13.2. The summed E-state index contributed by atoms with van der Waals surface area (Å²) in [6, 6.07) is 1.95. The van der Waals surface area contributed by atoms with Crippen LogP contribution in [0.15, 0.2) is 24.7 Å². The van der Waals surface area contributed by atoms with Crippen LogP contribution < -0.4 is 5.32 Å².